The molecule has 1 aromatic rings. The van der Waals surface area contributed by atoms with Gasteiger partial charge in [-0.1, -0.05) is 36.3 Å². The zero-order valence-electron chi connectivity index (χ0n) is 10.1. The van der Waals surface area contributed by atoms with Crippen molar-refractivity contribution in [2.24, 2.45) is 0 Å². The van der Waals surface area contributed by atoms with E-state index in [0.717, 1.165) is 12.0 Å². The Kier molecular flexibility index (Phi) is 6.37. The van der Waals surface area contributed by atoms with Gasteiger partial charge < -0.3 is 15.2 Å². The summed E-state index contributed by atoms with van der Waals surface area (Å²) in [7, 11) is 0. The van der Waals surface area contributed by atoms with Gasteiger partial charge in [-0.05, 0) is 12.0 Å². The second-order valence-corrected chi connectivity index (χ2v) is 3.74. The molecule has 96 valence electrons. The Morgan fingerprint density at radius 3 is 2.78 bits per heavy atom. The molecule has 0 saturated heterocycles. The average Bonchev–Trinajstić information content (AvgIpc) is 2.39. The van der Waals surface area contributed by atoms with Crippen LogP contribution in [0.5, 0.6) is 0 Å². The van der Waals surface area contributed by atoms with Crippen LogP contribution in [0.4, 0.5) is 4.79 Å². The summed E-state index contributed by atoms with van der Waals surface area (Å²) in [6.07, 6.45) is 4.92. The molecular formula is C14H17NO3. The van der Waals surface area contributed by atoms with Crippen molar-refractivity contribution in [3.63, 3.8) is 0 Å². The molecule has 4 heteroatoms. The number of terminal acetylenes is 1. The maximum Gasteiger partial charge on any atom is 0.408 e. The zero-order chi connectivity index (χ0) is 13.2. The van der Waals surface area contributed by atoms with Gasteiger partial charge >= 0.3 is 6.09 Å². The molecule has 1 amide bonds. The Hall–Kier alpha value is -1.99. The minimum atomic E-state index is -0.674. The molecule has 0 radical (unpaired) electrons. The van der Waals surface area contributed by atoms with Crippen LogP contribution in [0.25, 0.3) is 0 Å². The molecule has 0 spiro atoms. The van der Waals surface area contributed by atoms with Crippen molar-refractivity contribution >= 4 is 6.09 Å². The normalized spacial score (nSPS) is 11.3. The largest absolute Gasteiger partial charge is 0.433 e. The van der Waals surface area contributed by atoms with E-state index in [2.05, 4.69) is 11.2 Å². The van der Waals surface area contributed by atoms with E-state index in [1.54, 1.807) is 0 Å². The number of amides is 1. The third-order valence-corrected chi connectivity index (χ3v) is 2.35. The fourth-order valence-electron chi connectivity index (χ4n) is 1.42. The highest BCUT2D eigenvalue weighted by Gasteiger charge is 2.10. The van der Waals surface area contributed by atoms with Gasteiger partial charge in [-0.25, -0.2) is 4.79 Å². The van der Waals surface area contributed by atoms with E-state index >= 15 is 0 Å². The highest BCUT2D eigenvalue weighted by molar-refractivity contribution is 5.67. The zero-order valence-corrected chi connectivity index (χ0v) is 10.1. The highest BCUT2D eigenvalue weighted by Crippen LogP contribution is 1.99. The SMILES string of the molecule is C#CC(CCO)OC(=O)NCCc1ccccc1. The van der Waals surface area contributed by atoms with E-state index < -0.39 is 12.2 Å². The second-order valence-electron chi connectivity index (χ2n) is 3.74. The number of ether oxygens (including phenoxy) is 1. The van der Waals surface area contributed by atoms with E-state index in [1.807, 2.05) is 30.3 Å². The first-order chi connectivity index (χ1) is 8.76. The average molecular weight is 247 g/mol. The van der Waals surface area contributed by atoms with Crippen molar-refractivity contribution < 1.29 is 14.6 Å². The Balaban J connectivity index is 2.23. The molecule has 2 N–H and O–H groups in total. The molecule has 0 aliphatic carbocycles. The van der Waals surface area contributed by atoms with Crippen LogP contribution in [-0.2, 0) is 11.2 Å². The van der Waals surface area contributed by atoms with Crippen molar-refractivity contribution in [2.45, 2.75) is 18.9 Å². The molecule has 18 heavy (non-hydrogen) atoms. The van der Waals surface area contributed by atoms with Gasteiger partial charge in [0.15, 0.2) is 6.10 Å². The number of carbonyl (C=O) groups excluding carboxylic acids is 1. The molecule has 0 fully saturated rings. The molecule has 1 unspecified atom stereocenters. The third kappa shape index (κ3) is 5.37. The summed E-state index contributed by atoms with van der Waals surface area (Å²) >= 11 is 0. The van der Waals surface area contributed by atoms with Gasteiger partial charge in [0.25, 0.3) is 0 Å². The molecule has 1 rings (SSSR count). The number of carbonyl (C=O) groups is 1. The minimum Gasteiger partial charge on any atom is -0.433 e. The molecular weight excluding hydrogens is 230 g/mol. The molecule has 0 aliphatic heterocycles. The predicted molar refractivity (Wildman–Crippen MR) is 69.0 cm³/mol. The number of aliphatic hydroxyl groups is 1. The van der Waals surface area contributed by atoms with Crippen LogP contribution < -0.4 is 5.32 Å². The van der Waals surface area contributed by atoms with Crippen LogP contribution in [0.3, 0.4) is 0 Å². The van der Waals surface area contributed by atoms with Crippen molar-refractivity contribution in [2.75, 3.05) is 13.2 Å². The number of hydrogen-bond acceptors (Lipinski definition) is 3. The first-order valence-corrected chi connectivity index (χ1v) is 5.81. The van der Waals surface area contributed by atoms with Crippen LogP contribution in [0.15, 0.2) is 30.3 Å². The monoisotopic (exact) mass is 247 g/mol. The lowest BCUT2D eigenvalue weighted by Crippen LogP contribution is -2.30. The number of benzene rings is 1. The summed E-state index contributed by atoms with van der Waals surface area (Å²) in [4.78, 5) is 11.4. The summed E-state index contributed by atoms with van der Waals surface area (Å²) in [5.74, 6) is 2.30. The molecule has 1 atom stereocenters. The van der Waals surface area contributed by atoms with Crippen molar-refractivity contribution in [1.29, 1.82) is 0 Å². The van der Waals surface area contributed by atoms with E-state index in [9.17, 15) is 4.79 Å². The van der Waals surface area contributed by atoms with E-state index in [1.165, 1.54) is 0 Å². The van der Waals surface area contributed by atoms with Crippen LogP contribution >= 0.6 is 0 Å². The van der Waals surface area contributed by atoms with E-state index in [-0.39, 0.29) is 13.0 Å². The molecule has 0 heterocycles. The van der Waals surface area contributed by atoms with Crippen molar-refractivity contribution in [3.05, 3.63) is 35.9 Å². The van der Waals surface area contributed by atoms with Gasteiger partial charge in [-0.3, -0.25) is 0 Å². The van der Waals surface area contributed by atoms with Gasteiger partial charge in [0.05, 0.1) is 0 Å². The number of nitrogens with one attached hydrogen (secondary N) is 1. The van der Waals surface area contributed by atoms with E-state index in [4.69, 9.17) is 16.3 Å². The molecule has 0 bridgehead atoms. The Bertz CT molecular complexity index is 397. The van der Waals surface area contributed by atoms with Crippen LogP contribution in [-0.4, -0.2) is 30.5 Å². The topological polar surface area (TPSA) is 58.6 Å². The van der Waals surface area contributed by atoms with Gasteiger partial charge in [-0.15, -0.1) is 6.42 Å². The first-order valence-electron chi connectivity index (χ1n) is 5.81. The lowest BCUT2D eigenvalue weighted by atomic mass is 10.1. The maximum absolute atomic E-state index is 11.4. The summed E-state index contributed by atoms with van der Waals surface area (Å²) in [6.45, 7) is 0.380. The van der Waals surface area contributed by atoms with E-state index in [0.29, 0.717) is 6.54 Å². The fourth-order valence-corrected chi connectivity index (χ4v) is 1.42. The number of hydrogen-bond donors (Lipinski definition) is 2. The minimum absolute atomic E-state index is 0.105. The molecule has 0 saturated carbocycles. The third-order valence-electron chi connectivity index (χ3n) is 2.35. The second kappa shape index (κ2) is 8.15. The smallest absolute Gasteiger partial charge is 0.408 e. The standard InChI is InChI=1S/C14H17NO3/c1-2-13(9-11-16)18-14(17)15-10-8-12-6-4-3-5-7-12/h1,3-7,13,16H,8-11H2,(H,15,17). The fraction of sp³-hybridized carbons (Fsp3) is 0.357. The van der Waals surface area contributed by atoms with Crippen LogP contribution in [0.1, 0.15) is 12.0 Å². The Morgan fingerprint density at radius 1 is 1.44 bits per heavy atom. The summed E-state index contributed by atoms with van der Waals surface area (Å²) in [5.41, 5.74) is 1.14. The Morgan fingerprint density at radius 2 is 2.17 bits per heavy atom. The van der Waals surface area contributed by atoms with Gasteiger partial charge in [0, 0.05) is 19.6 Å². The number of aliphatic hydroxyl groups excluding tert-OH is 1. The van der Waals surface area contributed by atoms with Gasteiger partial charge in [0.2, 0.25) is 0 Å². The lowest BCUT2D eigenvalue weighted by Gasteiger charge is -2.11. The molecule has 4 nitrogen and oxygen atoms in total. The van der Waals surface area contributed by atoms with Crippen LogP contribution in [0, 0.1) is 12.3 Å². The van der Waals surface area contributed by atoms with Crippen molar-refractivity contribution in [1.82, 2.24) is 5.32 Å². The van der Waals surface area contributed by atoms with Gasteiger partial charge in [-0.2, -0.15) is 0 Å². The lowest BCUT2D eigenvalue weighted by molar-refractivity contribution is 0.108. The number of rotatable bonds is 6. The van der Waals surface area contributed by atoms with Gasteiger partial charge in [0.1, 0.15) is 0 Å². The summed E-state index contributed by atoms with van der Waals surface area (Å²) < 4.78 is 4.93. The number of alkyl carbamates (subject to hydrolysis) is 1. The highest BCUT2D eigenvalue weighted by atomic mass is 16.6. The first kappa shape index (κ1) is 14.1. The summed E-state index contributed by atoms with van der Waals surface area (Å²) in [6, 6.07) is 9.82. The quantitative estimate of drug-likeness (QED) is 0.746. The molecule has 1 aromatic carbocycles. The molecule has 0 aromatic heterocycles. The van der Waals surface area contributed by atoms with Crippen molar-refractivity contribution in [3.8, 4) is 12.3 Å². The predicted octanol–water partition coefficient (Wildman–Crippen LogP) is 1.34. The van der Waals surface area contributed by atoms with Crippen LogP contribution in [0.2, 0.25) is 0 Å². The summed E-state index contributed by atoms with van der Waals surface area (Å²) in [5, 5.41) is 11.3. The Labute approximate surface area is 107 Å². The molecule has 0 aliphatic rings. The maximum atomic E-state index is 11.4.